The third kappa shape index (κ3) is 8.45. The van der Waals surface area contributed by atoms with Gasteiger partial charge in [0.2, 0.25) is 5.91 Å². The number of hydrogen-bond acceptors (Lipinski definition) is 4. The maximum absolute atomic E-state index is 11.8. The fraction of sp³-hybridized carbons (Fsp3) is 0.611. The SMILES string of the molecule is CCCCOc1ccc(CCC(=O)NCCCN(C)C)cc1N. The Morgan fingerprint density at radius 1 is 1.30 bits per heavy atom. The van der Waals surface area contributed by atoms with Crippen LogP contribution in [-0.4, -0.2) is 44.6 Å². The molecule has 0 bridgehead atoms. The first kappa shape index (κ1) is 19.3. The van der Waals surface area contributed by atoms with E-state index in [0.717, 1.165) is 43.7 Å². The van der Waals surface area contributed by atoms with Crippen LogP contribution in [0.15, 0.2) is 18.2 Å². The van der Waals surface area contributed by atoms with E-state index >= 15 is 0 Å². The number of anilines is 1. The second-order valence-corrected chi connectivity index (χ2v) is 6.08. The molecule has 0 aliphatic heterocycles. The van der Waals surface area contributed by atoms with Gasteiger partial charge in [-0.1, -0.05) is 19.4 Å². The molecule has 1 rings (SSSR count). The van der Waals surface area contributed by atoms with Gasteiger partial charge in [0.15, 0.2) is 0 Å². The van der Waals surface area contributed by atoms with Gasteiger partial charge in [0.05, 0.1) is 12.3 Å². The lowest BCUT2D eigenvalue weighted by atomic mass is 10.1. The van der Waals surface area contributed by atoms with E-state index in [1.807, 2.05) is 32.3 Å². The van der Waals surface area contributed by atoms with Gasteiger partial charge in [-0.3, -0.25) is 4.79 Å². The molecule has 1 aromatic carbocycles. The van der Waals surface area contributed by atoms with Crippen LogP contribution < -0.4 is 15.8 Å². The molecule has 0 saturated carbocycles. The molecule has 0 heterocycles. The molecule has 1 aromatic rings. The summed E-state index contributed by atoms with van der Waals surface area (Å²) in [6.07, 6.45) is 4.27. The summed E-state index contributed by atoms with van der Waals surface area (Å²) < 4.78 is 5.63. The molecule has 0 fully saturated rings. The Labute approximate surface area is 140 Å². The topological polar surface area (TPSA) is 67.6 Å². The molecular weight excluding hydrogens is 290 g/mol. The summed E-state index contributed by atoms with van der Waals surface area (Å²) in [4.78, 5) is 13.9. The molecular formula is C18H31N3O2. The highest BCUT2D eigenvalue weighted by atomic mass is 16.5. The van der Waals surface area contributed by atoms with E-state index < -0.39 is 0 Å². The van der Waals surface area contributed by atoms with Gasteiger partial charge >= 0.3 is 0 Å². The predicted octanol–water partition coefficient (Wildman–Crippen LogP) is 2.45. The molecule has 5 nitrogen and oxygen atoms in total. The number of nitrogens with one attached hydrogen (secondary N) is 1. The number of unbranched alkanes of at least 4 members (excludes halogenated alkanes) is 1. The van der Waals surface area contributed by atoms with Gasteiger partial charge in [-0.25, -0.2) is 0 Å². The van der Waals surface area contributed by atoms with Crippen molar-refractivity contribution < 1.29 is 9.53 Å². The Morgan fingerprint density at radius 3 is 2.74 bits per heavy atom. The third-order valence-corrected chi connectivity index (χ3v) is 3.57. The summed E-state index contributed by atoms with van der Waals surface area (Å²) >= 11 is 0. The van der Waals surface area contributed by atoms with E-state index in [1.54, 1.807) is 0 Å². The van der Waals surface area contributed by atoms with E-state index in [-0.39, 0.29) is 5.91 Å². The van der Waals surface area contributed by atoms with Crippen molar-refractivity contribution in [2.75, 3.05) is 39.5 Å². The predicted molar refractivity (Wildman–Crippen MR) is 95.8 cm³/mol. The van der Waals surface area contributed by atoms with Crippen molar-refractivity contribution in [2.24, 2.45) is 0 Å². The van der Waals surface area contributed by atoms with Gasteiger partial charge in [-0.05, 0) is 57.6 Å². The number of hydrogen-bond donors (Lipinski definition) is 2. The highest BCUT2D eigenvalue weighted by molar-refractivity contribution is 5.76. The van der Waals surface area contributed by atoms with Crippen molar-refractivity contribution in [3.8, 4) is 5.75 Å². The van der Waals surface area contributed by atoms with Crippen molar-refractivity contribution >= 4 is 11.6 Å². The number of nitrogens with two attached hydrogens (primary N) is 1. The summed E-state index contributed by atoms with van der Waals surface area (Å²) in [6, 6.07) is 5.78. The van der Waals surface area contributed by atoms with Crippen LogP contribution in [0.5, 0.6) is 5.75 Å². The van der Waals surface area contributed by atoms with Gasteiger partial charge in [0.1, 0.15) is 5.75 Å². The lowest BCUT2D eigenvalue weighted by Crippen LogP contribution is -2.27. The molecule has 0 atom stereocenters. The molecule has 0 saturated heterocycles. The number of nitrogens with zero attached hydrogens (tertiary/aromatic N) is 1. The Hall–Kier alpha value is -1.75. The zero-order valence-corrected chi connectivity index (χ0v) is 14.7. The monoisotopic (exact) mass is 321 g/mol. The van der Waals surface area contributed by atoms with Gasteiger partial charge in [0.25, 0.3) is 0 Å². The maximum atomic E-state index is 11.8. The van der Waals surface area contributed by atoms with Crippen LogP contribution in [-0.2, 0) is 11.2 Å². The molecule has 23 heavy (non-hydrogen) atoms. The van der Waals surface area contributed by atoms with Crippen LogP contribution in [0.25, 0.3) is 0 Å². The number of aryl methyl sites for hydroxylation is 1. The molecule has 0 spiro atoms. The zero-order chi connectivity index (χ0) is 17.1. The number of rotatable bonds is 11. The van der Waals surface area contributed by atoms with E-state index in [0.29, 0.717) is 25.1 Å². The molecule has 0 aromatic heterocycles. The average molecular weight is 321 g/mol. The first-order valence-corrected chi connectivity index (χ1v) is 8.45. The van der Waals surface area contributed by atoms with Crippen molar-refractivity contribution in [3.05, 3.63) is 23.8 Å². The quantitative estimate of drug-likeness (QED) is 0.485. The highest BCUT2D eigenvalue weighted by Crippen LogP contribution is 2.23. The second-order valence-electron chi connectivity index (χ2n) is 6.08. The zero-order valence-electron chi connectivity index (χ0n) is 14.7. The summed E-state index contributed by atoms with van der Waals surface area (Å²) in [7, 11) is 4.06. The van der Waals surface area contributed by atoms with E-state index in [2.05, 4.69) is 17.1 Å². The van der Waals surface area contributed by atoms with Crippen LogP contribution in [0.4, 0.5) is 5.69 Å². The minimum atomic E-state index is 0.0885. The highest BCUT2D eigenvalue weighted by Gasteiger charge is 2.05. The van der Waals surface area contributed by atoms with Gasteiger partial charge in [0, 0.05) is 13.0 Å². The van der Waals surface area contributed by atoms with Crippen molar-refractivity contribution in [1.82, 2.24) is 10.2 Å². The molecule has 0 aliphatic rings. The Balaban J connectivity index is 2.31. The average Bonchev–Trinajstić information content (AvgIpc) is 2.51. The number of nitrogen functional groups attached to an aromatic ring is 1. The fourth-order valence-corrected chi connectivity index (χ4v) is 2.18. The number of amides is 1. The number of carbonyl (C=O) groups is 1. The van der Waals surface area contributed by atoms with Crippen molar-refractivity contribution in [2.45, 2.75) is 39.0 Å². The van der Waals surface area contributed by atoms with Crippen LogP contribution in [0.1, 0.15) is 38.2 Å². The molecule has 0 radical (unpaired) electrons. The number of benzene rings is 1. The lowest BCUT2D eigenvalue weighted by Gasteiger charge is -2.11. The van der Waals surface area contributed by atoms with Gasteiger partial charge in [-0.2, -0.15) is 0 Å². The molecule has 130 valence electrons. The van der Waals surface area contributed by atoms with E-state index in [4.69, 9.17) is 10.5 Å². The minimum Gasteiger partial charge on any atom is -0.491 e. The summed E-state index contributed by atoms with van der Waals surface area (Å²) in [5.74, 6) is 0.820. The summed E-state index contributed by atoms with van der Waals surface area (Å²) in [6.45, 7) is 4.52. The van der Waals surface area contributed by atoms with E-state index in [9.17, 15) is 4.79 Å². The standard InChI is InChI=1S/C18H31N3O2/c1-4-5-13-23-17-9-7-15(14-16(17)19)8-10-18(22)20-11-6-12-21(2)3/h7,9,14H,4-6,8,10-13,19H2,1-3H3,(H,20,22). The second kappa shape index (κ2) is 10.9. The number of carbonyl (C=O) groups excluding carboxylic acids is 1. The lowest BCUT2D eigenvalue weighted by molar-refractivity contribution is -0.121. The van der Waals surface area contributed by atoms with Crippen molar-refractivity contribution in [3.63, 3.8) is 0 Å². The molecule has 1 amide bonds. The normalized spacial score (nSPS) is 10.8. The Morgan fingerprint density at radius 2 is 2.09 bits per heavy atom. The number of ether oxygens (including phenoxy) is 1. The van der Waals surface area contributed by atoms with Gasteiger partial charge < -0.3 is 20.7 Å². The largest absolute Gasteiger partial charge is 0.491 e. The third-order valence-electron chi connectivity index (χ3n) is 3.57. The first-order valence-electron chi connectivity index (χ1n) is 8.45. The fourth-order valence-electron chi connectivity index (χ4n) is 2.18. The summed E-state index contributed by atoms with van der Waals surface area (Å²) in [5, 5.41) is 2.95. The van der Waals surface area contributed by atoms with E-state index in [1.165, 1.54) is 0 Å². The maximum Gasteiger partial charge on any atom is 0.220 e. The Kier molecular flexibility index (Phi) is 9.14. The molecule has 3 N–H and O–H groups in total. The molecule has 0 unspecified atom stereocenters. The summed E-state index contributed by atoms with van der Waals surface area (Å²) in [5.41, 5.74) is 7.71. The molecule has 0 aliphatic carbocycles. The minimum absolute atomic E-state index is 0.0885. The van der Waals surface area contributed by atoms with Crippen molar-refractivity contribution in [1.29, 1.82) is 0 Å². The first-order chi connectivity index (χ1) is 11.0. The van der Waals surface area contributed by atoms with Crippen LogP contribution in [0, 0.1) is 0 Å². The van der Waals surface area contributed by atoms with Gasteiger partial charge in [-0.15, -0.1) is 0 Å². The van der Waals surface area contributed by atoms with Crippen LogP contribution in [0.2, 0.25) is 0 Å². The Bertz CT molecular complexity index is 475. The molecule has 5 heteroatoms. The van der Waals surface area contributed by atoms with Crippen LogP contribution >= 0.6 is 0 Å². The van der Waals surface area contributed by atoms with Crippen LogP contribution in [0.3, 0.4) is 0 Å². The smallest absolute Gasteiger partial charge is 0.220 e.